The lowest BCUT2D eigenvalue weighted by Gasteiger charge is -2.18. The molecule has 7 nitrogen and oxygen atoms in total. The molecule has 26 heavy (non-hydrogen) atoms. The van der Waals surface area contributed by atoms with E-state index in [2.05, 4.69) is 10.1 Å². The van der Waals surface area contributed by atoms with Crippen molar-refractivity contribution in [2.24, 2.45) is 0 Å². The molecule has 0 saturated heterocycles. The van der Waals surface area contributed by atoms with Crippen molar-refractivity contribution in [2.75, 3.05) is 12.8 Å². The summed E-state index contributed by atoms with van der Waals surface area (Å²) in [6, 6.07) is 7.69. The second-order valence-electron chi connectivity index (χ2n) is 6.42. The van der Waals surface area contributed by atoms with Gasteiger partial charge in [-0.2, -0.15) is 4.98 Å². The van der Waals surface area contributed by atoms with Crippen molar-refractivity contribution in [3.63, 3.8) is 0 Å². The number of nitrogens with zero attached hydrogens (tertiary/aromatic N) is 3. The number of aryl methyl sites for hydroxylation is 2. The number of rotatable bonds is 9. The van der Waals surface area contributed by atoms with E-state index in [4.69, 9.17) is 4.52 Å². The normalized spacial score (nSPS) is 11.5. The summed E-state index contributed by atoms with van der Waals surface area (Å²) in [7, 11) is -2.08. The number of carbonyl (C=O) groups excluding carboxylic acids is 1. The molecular weight excluding hydrogens is 354 g/mol. The number of aromatic nitrogens is 2. The van der Waals surface area contributed by atoms with Crippen LogP contribution in [-0.4, -0.2) is 42.2 Å². The summed E-state index contributed by atoms with van der Waals surface area (Å²) in [6.07, 6.45) is 2.55. The number of unbranched alkanes of at least 4 members (excludes halogenated alkanes) is 1. The van der Waals surface area contributed by atoms with Crippen LogP contribution in [0, 0.1) is 6.92 Å². The molecule has 8 heteroatoms. The molecule has 0 fully saturated rings. The van der Waals surface area contributed by atoms with E-state index in [1.54, 1.807) is 7.05 Å². The molecular formula is C18H25N3O4S. The van der Waals surface area contributed by atoms with E-state index in [9.17, 15) is 13.2 Å². The third-order valence-corrected chi connectivity index (χ3v) is 5.42. The molecule has 0 bridgehead atoms. The molecule has 0 saturated carbocycles. The first-order valence-corrected chi connectivity index (χ1v) is 10.4. The minimum atomic E-state index is -3.68. The summed E-state index contributed by atoms with van der Waals surface area (Å²) in [4.78, 5) is 17.8. The molecule has 2 rings (SSSR count). The zero-order chi connectivity index (χ0) is 19.2. The van der Waals surface area contributed by atoms with Gasteiger partial charge in [-0.3, -0.25) is 4.79 Å². The maximum Gasteiger partial charge on any atom is 0.241 e. The van der Waals surface area contributed by atoms with Crippen LogP contribution in [0.4, 0.5) is 0 Å². The van der Waals surface area contributed by atoms with E-state index < -0.39 is 27.3 Å². The van der Waals surface area contributed by atoms with Gasteiger partial charge in [0.15, 0.2) is 15.7 Å². The Bertz CT molecular complexity index is 846. The largest absolute Gasteiger partial charge is 0.341 e. The first kappa shape index (κ1) is 20.1. The van der Waals surface area contributed by atoms with Crippen molar-refractivity contribution in [1.29, 1.82) is 0 Å². The number of hydrogen-bond acceptors (Lipinski definition) is 6. The first-order chi connectivity index (χ1) is 12.3. The molecule has 1 aromatic carbocycles. The SMILES string of the molecule is CCCCc1noc(CS(=O)(=O)CC(=O)N(C)Cc2ccccc2C)n1. The molecule has 0 radical (unpaired) electrons. The average Bonchev–Trinajstić information content (AvgIpc) is 3.01. The van der Waals surface area contributed by atoms with E-state index in [0.29, 0.717) is 18.8 Å². The van der Waals surface area contributed by atoms with E-state index in [1.807, 2.05) is 38.1 Å². The lowest BCUT2D eigenvalue weighted by Crippen LogP contribution is -2.32. The Morgan fingerprint density at radius 2 is 2.00 bits per heavy atom. The zero-order valence-corrected chi connectivity index (χ0v) is 16.3. The van der Waals surface area contributed by atoms with Crippen LogP contribution in [0.1, 0.15) is 42.6 Å². The van der Waals surface area contributed by atoms with Gasteiger partial charge in [0, 0.05) is 20.0 Å². The van der Waals surface area contributed by atoms with Crippen molar-refractivity contribution < 1.29 is 17.7 Å². The van der Waals surface area contributed by atoms with Gasteiger partial charge in [-0.05, 0) is 24.5 Å². The quantitative estimate of drug-likeness (QED) is 0.664. The van der Waals surface area contributed by atoms with Crippen LogP contribution in [0.25, 0.3) is 0 Å². The van der Waals surface area contributed by atoms with E-state index in [0.717, 1.165) is 24.0 Å². The standard InChI is InChI=1S/C18H25N3O4S/c1-4-5-10-16-19-17(25-20-16)12-26(23,24)13-18(22)21(3)11-15-9-7-6-8-14(15)2/h6-9H,4-5,10-13H2,1-3H3. The van der Waals surface area contributed by atoms with Crippen molar-refractivity contribution in [2.45, 2.75) is 45.4 Å². The van der Waals surface area contributed by atoms with Gasteiger partial charge in [0.05, 0.1) is 0 Å². The van der Waals surface area contributed by atoms with Gasteiger partial charge in [0.2, 0.25) is 11.8 Å². The molecule has 1 aromatic heterocycles. The third kappa shape index (κ3) is 5.94. The Kier molecular flexibility index (Phi) is 6.90. The predicted molar refractivity (Wildman–Crippen MR) is 98.1 cm³/mol. The Balaban J connectivity index is 1.94. The van der Waals surface area contributed by atoms with Gasteiger partial charge >= 0.3 is 0 Å². The maximum absolute atomic E-state index is 12.3. The Hall–Kier alpha value is -2.22. The minimum absolute atomic E-state index is 0.0328. The van der Waals surface area contributed by atoms with Gasteiger partial charge in [0.25, 0.3) is 0 Å². The molecule has 0 N–H and O–H groups in total. The predicted octanol–water partition coefficient (Wildman–Crippen LogP) is 2.29. The number of amides is 1. The molecule has 0 spiro atoms. The molecule has 0 aliphatic rings. The number of benzene rings is 1. The van der Waals surface area contributed by atoms with Crippen LogP contribution >= 0.6 is 0 Å². The maximum atomic E-state index is 12.3. The van der Waals surface area contributed by atoms with Crippen molar-refractivity contribution in [3.8, 4) is 0 Å². The lowest BCUT2D eigenvalue weighted by atomic mass is 10.1. The summed E-state index contributed by atoms with van der Waals surface area (Å²) < 4.78 is 29.6. The van der Waals surface area contributed by atoms with Crippen LogP contribution in [0.3, 0.4) is 0 Å². The summed E-state index contributed by atoms with van der Waals surface area (Å²) in [5, 5.41) is 3.77. The Labute approximate surface area is 154 Å². The fraction of sp³-hybridized carbons (Fsp3) is 0.500. The van der Waals surface area contributed by atoms with E-state index in [1.165, 1.54) is 4.90 Å². The van der Waals surface area contributed by atoms with Gasteiger partial charge in [-0.15, -0.1) is 0 Å². The van der Waals surface area contributed by atoms with Crippen molar-refractivity contribution in [1.82, 2.24) is 15.0 Å². The molecule has 0 aliphatic heterocycles. The second kappa shape index (κ2) is 8.93. The molecule has 0 aliphatic carbocycles. The highest BCUT2D eigenvalue weighted by Crippen LogP contribution is 2.11. The van der Waals surface area contributed by atoms with Crippen LogP contribution in [-0.2, 0) is 33.4 Å². The van der Waals surface area contributed by atoms with E-state index in [-0.39, 0.29) is 5.89 Å². The molecule has 0 atom stereocenters. The average molecular weight is 379 g/mol. The molecule has 1 amide bonds. The molecule has 0 unspecified atom stereocenters. The van der Waals surface area contributed by atoms with Gasteiger partial charge in [-0.1, -0.05) is 42.8 Å². The summed E-state index contributed by atoms with van der Waals surface area (Å²) in [5.74, 6) is -0.928. The lowest BCUT2D eigenvalue weighted by molar-refractivity contribution is -0.127. The highest BCUT2D eigenvalue weighted by molar-refractivity contribution is 7.91. The smallest absolute Gasteiger partial charge is 0.241 e. The molecule has 1 heterocycles. The summed E-state index contributed by atoms with van der Waals surface area (Å²) >= 11 is 0. The monoisotopic (exact) mass is 379 g/mol. The van der Waals surface area contributed by atoms with Gasteiger partial charge in [-0.25, -0.2) is 8.42 Å². The van der Waals surface area contributed by atoms with Crippen LogP contribution in [0.2, 0.25) is 0 Å². The molecule has 142 valence electrons. The summed E-state index contributed by atoms with van der Waals surface area (Å²) in [6.45, 7) is 4.36. The summed E-state index contributed by atoms with van der Waals surface area (Å²) in [5.41, 5.74) is 2.04. The molecule has 2 aromatic rings. The number of sulfone groups is 1. The minimum Gasteiger partial charge on any atom is -0.341 e. The topological polar surface area (TPSA) is 93.4 Å². The van der Waals surface area contributed by atoms with E-state index >= 15 is 0 Å². The van der Waals surface area contributed by atoms with Crippen LogP contribution in [0.5, 0.6) is 0 Å². The Morgan fingerprint density at radius 1 is 1.27 bits per heavy atom. The highest BCUT2D eigenvalue weighted by Gasteiger charge is 2.23. The number of carbonyl (C=O) groups is 1. The van der Waals surface area contributed by atoms with Gasteiger partial charge < -0.3 is 9.42 Å². The van der Waals surface area contributed by atoms with Crippen LogP contribution < -0.4 is 0 Å². The first-order valence-electron chi connectivity index (χ1n) is 8.61. The zero-order valence-electron chi connectivity index (χ0n) is 15.4. The fourth-order valence-electron chi connectivity index (χ4n) is 2.45. The highest BCUT2D eigenvalue weighted by atomic mass is 32.2. The van der Waals surface area contributed by atoms with Gasteiger partial charge in [0.1, 0.15) is 11.5 Å². The second-order valence-corrected chi connectivity index (χ2v) is 8.48. The van der Waals surface area contributed by atoms with Crippen molar-refractivity contribution in [3.05, 3.63) is 47.1 Å². The fourth-order valence-corrected chi connectivity index (χ4v) is 3.65. The Morgan fingerprint density at radius 3 is 2.69 bits per heavy atom. The number of hydrogen-bond donors (Lipinski definition) is 0. The third-order valence-electron chi connectivity index (χ3n) is 4.05. The van der Waals surface area contributed by atoms with Crippen LogP contribution in [0.15, 0.2) is 28.8 Å². The van der Waals surface area contributed by atoms with Crippen molar-refractivity contribution >= 4 is 15.7 Å².